The molecular formula is C36H47N5O11S. The number of carbonyl (C=O) groups excluding carboxylic acids is 5. The maximum absolute atomic E-state index is 14.4. The molecule has 7 rings (SSSR count). The number of nitrogens with zero attached hydrogens (tertiary/aromatic N) is 2. The van der Waals surface area contributed by atoms with Crippen LogP contribution in [0.5, 0.6) is 11.5 Å². The molecule has 3 aliphatic carbocycles. The van der Waals surface area contributed by atoms with Gasteiger partial charge in [0.1, 0.15) is 29.8 Å². The van der Waals surface area contributed by atoms with E-state index in [0.717, 1.165) is 36.8 Å². The Morgan fingerprint density at radius 1 is 0.981 bits per heavy atom. The second-order valence-corrected chi connectivity index (χ2v) is 18.0. The van der Waals surface area contributed by atoms with E-state index < -0.39 is 80.2 Å². The SMILES string of the molecule is C=C[C@H]1C[C@@]1(NC(=O)C1C[C@@H](OC(=O)N2Cc3cc4c(cc3C2)OCO4)CN1C(=O)[C@@H](NC(=O)OC1CCCC1)C(C)(C)C)C(=O)NS(=O)(=O)C1CC1. The molecule has 0 aromatic heterocycles. The molecular weight excluding hydrogens is 710 g/mol. The third-order valence-electron chi connectivity index (χ3n) is 11.0. The number of hydrogen-bond acceptors (Lipinski definition) is 11. The number of alkyl carbamates (subject to hydrolysis) is 1. The predicted molar refractivity (Wildman–Crippen MR) is 187 cm³/mol. The average molecular weight is 758 g/mol. The third kappa shape index (κ3) is 7.49. The number of hydrogen-bond donors (Lipinski definition) is 3. The minimum Gasteiger partial charge on any atom is -0.454 e. The average Bonchev–Trinajstić information content (AvgIpc) is 3.76. The summed E-state index contributed by atoms with van der Waals surface area (Å²) in [5.41, 5.74) is -0.668. The number of amides is 5. The molecule has 3 aliphatic heterocycles. The number of likely N-dealkylation sites (tertiary alicyclic amines) is 1. The molecule has 1 saturated heterocycles. The first-order valence-electron chi connectivity index (χ1n) is 18.2. The van der Waals surface area contributed by atoms with Crippen LogP contribution in [-0.2, 0) is 47.0 Å². The highest BCUT2D eigenvalue weighted by Crippen LogP contribution is 2.46. The van der Waals surface area contributed by atoms with E-state index in [9.17, 15) is 32.4 Å². The van der Waals surface area contributed by atoms with Gasteiger partial charge >= 0.3 is 12.2 Å². The molecule has 3 N–H and O–H groups in total. The van der Waals surface area contributed by atoms with Crippen molar-refractivity contribution in [3.05, 3.63) is 35.9 Å². The van der Waals surface area contributed by atoms with Gasteiger partial charge in [0, 0.05) is 25.4 Å². The molecule has 17 heteroatoms. The molecule has 16 nitrogen and oxygen atoms in total. The second kappa shape index (κ2) is 13.7. The number of benzene rings is 1. The summed E-state index contributed by atoms with van der Waals surface area (Å²) in [7, 11) is -3.92. The molecule has 5 atom stereocenters. The molecule has 288 valence electrons. The summed E-state index contributed by atoms with van der Waals surface area (Å²) in [5, 5.41) is 4.80. The highest BCUT2D eigenvalue weighted by atomic mass is 32.2. The zero-order chi connectivity index (χ0) is 37.9. The van der Waals surface area contributed by atoms with Gasteiger partial charge in [0.25, 0.3) is 5.91 Å². The van der Waals surface area contributed by atoms with Crippen molar-refractivity contribution in [2.45, 2.75) is 120 Å². The first-order valence-corrected chi connectivity index (χ1v) is 19.8. The Bertz CT molecular complexity index is 1790. The van der Waals surface area contributed by atoms with Gasteiger partial charge in [-0.15, -0.1) is 6.58 Å². The quantitative estimate of drug-likeness (QED) is 0.297. The summed E-state index contributed by atoms with van der Waals surface area (Å²) >= 11 is 0. The van der Waals surface area contributed by atoms with Crippen LogP contribution in [0.25, 0.3) is 0 Å². The number of rotatable bonds is 10. The van der Waals surface area contributed by atoms with E-state index in [0.29, 0.717) is 24.3 Å². The molecule has 6 aliphatic rings. The Hall–Kier alpha value is -4.54. The molecule has 5 amide bonds. The molecule has 1 unspecified atom stereocenters. The molecule has 1 aromatic rings. The number of ether oxygens (including phenoxy) is 4. The summed E-state index contributed by atoms with van der Waals surface area (Å²) in [6.45, 7) is 9.52. The van der Waals surface area contributed by atoms with Gasteiger partial charge in [-0.1, -0.05) is 26.8 Å². The third-order valence-corrected chi connectivity index (χ3v) is 12.8. The van der Waals surface area contributed by atoms with Crippen molar-refractivity contribution in [2.75, 3.05) is 13.3 Å². The van der Waals surface area contributed by atoms with Crippen molar-refractivity contribution < 1.29 is 51.3 Å². The van der Waals surface area contributed by atoms with Crippen LogP contribution in [0, 0.1) is 11.3 Å². The van der Waals surface area contributed by atoms with E-state index in [1.807, 2.05) is 12.1 Å². The molecule has 53 heavy (non-hydrogen) atoms. The van der Waals surface area contributed by atoms with Crippen molar-refractivity contribution in [3.63, 3.8) is 0 Å². The van der Waals surface area contributed by atoms with Gasteiger partial charge in [0.15, 0.2) is 11.5 Å². The molecule has 4 fully saturated rings. The van der Waals surface area contributed by atoms with Crippen LogP contribution in [-0.4, -0.2) is 96.5 Å². The van der Waals surface area contributed by atoms with Crippen molar-refractivity contribution >= 4 is 39.9 Å². The Kier molecular flexibility index (Phi) is 9.52. The van der Waals surface area contributed by atoms with Crippen LogP contribution in [0.4, 0.5) is 9.59 Å². The predicted octanol–water partition coefficient (Wildman–Crippen LogP) is 2.59. The van der Waals surface area contributed by atoms with Crippen LogP contribution in [0.1, 0.15) is 83.3 Å². The molecule has 0 bridgehead atoms. The lowest BCUT2D eigenvalue weighted by molar-refractivity contribution is -0.143. The topological polar surface area (TPSA) is 199 Å². The number of sulfonamides is 1. The van der Waals surface area contributed by atoms with Crippen molar-refractivity contribution in [2.24, 2.45) is 11.3 Å². The van der Waals surface area contributed by atoms with Gasteiger partial charge < -0.3 is 34.5 Å². The zero-order valence-electron chi connectivity index (χ0n) is 30.2. The molecule has 0 spiro atoms. The molecule has 0 radical (unpaired) electrons. The standard InChI is InChI=1S/C36H47N5O11S/c1-5-22-15-36(22,32(44)39-53(47,48)25-10-11-25)38-30(42)26-14-24(52-34(46)40-16-20-12-27-28(50-19-49-27)13-21(20)17-40)18-41(26)31(43)29(35(2,3)4)37-33(45)51-23-8-6-7-9-23/h5,12-13,22-26,29H,1,6-11,14-19H2,2-4H3,(H,37,45)(H,38,42)(H,39,44)/t22-,24+,26?,29+,36-/m0/s1. The fraction of sp³-hybridized carbons (Fsp3) is 0.639. The lowest BCUT2D eigenvalue weighted by atomic mass is 9.85. The van der Waals surface area contributed by atoms with E-state index >= 15 is 0 Å². The summed E-state index contributed by atoms with van der Waals surface area (Å²) in [4.78, 5) is 71.4. The molecule has 1 aromatic carbocycles. The lowest BCUT2D eigenvalue weighted by Gasteiger charge is -2.35. The highest BCUT2D eigenvalue weighted by Gasteiger charge is 2.62. The minimum absolute atomic E-state index is 0.111. The normalized spacial score (nSPS) is 26.7. The van der Waals surface area contributed by atoms with E-state index in [4.69, 9.17) is 18.9 Å². The van der Waals surface area contributed by atoms with Crippen molar-refractivity contribution in [3.8, 4) is 11.5 Å². The van der Waals surface area contributed by atoms with E-state index in [-0.39, 0.29) is 45.4 Å². The summed E-state index contributed by atoms with van der Waals surface area (Å²) in [6.07, 6.45) is 3.14. The second-order valence-electron chi connectivity index (χ2n) is 16.0. The van der Waals surface area contributed by atoms with Crippen LogP contribution < -0.4 is 24.8 Å². The molecule has 3 heterocycles. The van der Waals surface area contributed by atoms with Crippen LogP contribution in [0.3, 0.4) is 0 Å². The molecule has 3 saturated carbocycles. The first-order chi connectivity index (χ1) is 25.1. The van der Waals surface area contributed by atoms with E-state index in [1.165, 1.54) is 15.9 Å². The van der Waals surface area contributed by atoms with Crippen LogP contribution >= 0.6 is 0 Å². The van der Waals surface area contributed by atoms with E-state index in [1.54, 1.807) is 20.8 Å². The zero-order valence-corrected chi connectivity index (χ0v) is 31.0. The fourth-order valence-corrected chi connectivity index (χ4v) is 9.02. The van der Waals surface area contributed by atoms with Crippen LogP contribution in [0.2, 0.25) is 0 Å². The van der Waals surface area contributed by atoms with Gasteiger partial charge in [0.2, 0.25) is 28.6 Å². The number of fused-ring (bicyclic) bond motifs is 2. The maximum Gasteiger partial charge on any atom is 0.410 e. The van der Waals surface area contributed by atoms with Gasteiger partial charge in [-0.05, 0) is 73.6 Å². The fourth-order valence-electron chi connectivity index (χ4n) is 7.65. The highest BCUT2D eigenvalue weighted by molar-refractivity contribution is 7.91. The summed E-state index contributed by atoms with van der Waals surface area (Å²) < 4.78 is 49.9. The Labute approximate surface area is 308 Å². The van der Waals surface area contributed by atoms with Gasteiger partial charge in [-0.2, -0.15) is 0 Å². The monoisotopic (exact) mass is 757 g/mol. The van der Waals surface area contributed by atoms with Gasteiger partial charge in [0.05, 0.1) is 11.8 Å². The maximum atomic E-state index is 14.4. The van der Waals surface area contributed by atoms with Crippen molar-refractivity contribution in [1.82, 2.24) is 25.2 Å². The number of nitrogens with one attached hydrogen (secondary N) is 3. The first kappa shape index (κ1) is 36.8. The Morgan fingerprint density at radius 3 is 2.19 bits per heavy atom. The van der Waals surface area contributed by atoms with E-state index in [2.05, 4.69) is 21.9 Å². The smallest absolute Gasteiger partial charge is 0.410 e. The van der Waals surface area contributed by atoms with Crippen LogP contribution in [0.15, 0.2) is 24.8 Å². The largest absolute Gasteiger partial charge is 0.454 e. The summed E-state index contributed by atoms with van der Waals surface area (Å²) in [6, 6.07) is 1.29. The number of carbonyl (C=O) groups is 5. The summed E-state index contributed by atoms with van der Waals surface area (Å²) in [5.74, 6) is -1.57. The van der Waals surface area contributed by atoms with Gasteiger partial charge in [-0.3, -0.25) is 24.0 Å². The lowest BCUT2D eigenvalue weighted by Crippen LogP contribution is -2.60. The van der Waals surface area contributed by atoms with Crippen molar-refractivity contribution in [1.29, 1.82) is 0 Å². The Morgan fingerprint density at radius 2 is 1.62 bits per heavy atom. The van der Waals surface area contributed by atoms with Gasteiger partial charge in [-0.25, -0.2) is 18.0 Å². The Balaban J connectivity index is 1.09. The minimum atomic E-state index is -3.92.